The molecule has 2 heterocycles. The lowest BCUT2D eigenvalue weighted by molar-refractivity contribution is 0.260. The van der Waals surface area contributed by atoms with E-state index < -0.39 is 0 Å². The van der Waals surface area contributed by atoms with Crippen molar-refractivity contribution in [3.63, 3.8) is 0 Å². The van der Waals surface area contributed by atoms with Gasteiger partial charge in [0.15, 0.2) is 0 Å². The first-order chi connectivity index (χ1) is 4.97. The number of nitrogens with zero attached hydrogens (tertiary/aromatic N) is 1. The second kappa shape index (κ2) is 2.91. The van der Waals surface area contributed by atoms with Crippen LogP contribution in [0.1, 0.15) is 38.5 Å². The van der Waals surface area contributed by atoms with Gasteiger partial charge in [-0.2, -0.15) is 0 Å². The SMILES string of the molecule is C1CC[C@H]2CCCN2CC1. The van der Waals surface area contributed by atoms with E-state index in [0.29, 0.717) is 0 Å². The Morgan fingerprint density at radius 3 is 2.60 bits per heavy atom. The van der Waals surface area contributed by atoms with Crippen LogP contribution in [0.5, 0.6) is 0 Å². The minimum Gasteiger partial charge on any atom is -0.300 e. The lowest BCUT2D eigenvalue weighted by Crippen LogP contribution is -2.28. The monoisotopic (exact) mass is 139 g/mol. The van der Waals surface area contributed by atoms with Crippen LogP contribution >= 0.6 is 0 Å². The first kappa shape index (κ1) is 6.66. The summed E-state index contributed by atoms with van der Waals surface area (Å²) in [6.45, 7) is 2.79. The molecule has 0 N–H and O–H groups in total. The van der Waals surface area contributed by atoms with Crippen molar-refractivity contribution in [2.75, 3.05) is 13.1 Å². The molecule has 0 radical (unpaired) electrons. The Bertz CT molecular complexity index is 99.3. The normalized spacial score (nSPS) is 35.4. The Kier molecular flexibility index (Phi) is 1.94. The summed E-state index contributed by atoms with van der Waals surface area (Å²) >= 11 is 0. The first-order valence-electron chi connectivity index (χ1n) is 4.71. The second-order valence-corrected chi connectivity index (χ2v) is 3.68. The van der Waals surface area contributed by atoms with Crippen molar-refractivity contribution in [1.29, 1.82) is 0 Å². The lowest BCUT2D eigenvalue weighted by atomic mass is 10.1. The van der Waals surface area contributed by atoms with Crippen LogP contribution in [-0.4, -0.2) is 24.0 Å². The van der Waals surface area contributed by atoms with E-state index in [1.807, 2.05) is 0 Å². The van der Waals surface area contributed by atoms with E-state index >= 15 is 0 Å². The molecule has 0 aromatic carbocycles. The molecule has 0 aromatic rings. The Hall–Kier alpha value is -0.0400. The summed E-state index contributed by atoms with van der Waals surface area (Å²) in [6.07, 6.45) is 8.86. The number of rotatable bonds is 0. The van der Waals surface area contributed by atoms with Crippen molar-refractivity contribution >= 4 is 0 Å². The molecular formula is C9H17N. The van der Waals surface area contributed by atoms with Crippen molar-refractivity contribution in [2.24, 2.45) is 0 Å². The molecule has 2 aliphatic rings. The van der Waals surface area contributed by atoms with Crippen LogP contribution < -0.4 is 0 Å². The molecule has 1 atom stereocenters. The van der Waals surface area contributed by atoms with Crippen molar-refractivity contribution in [3.05, 3.63) is 0 Å². The first-order valence-corrected chi connectivity index (χ1v) is 4.71. The molecule has 0 amide bonds. The van der Waals surface area contributed by atoms with Crippen molar-refractivity contribution in [2.45, 2.75) is 44.6 Å². The Balaban J connectivity index is 1.95. The van der Waals surface area contributed by atoms with Gasteiger partial charge < -0.3 is 4.90 Å². The van der Waals surface area contributed by atoms with Gasteiger partial charge >= 0.3 is 0 Å². The van der Waals surface area contributed by atoms with Gasteiger partial charge in [0, 0.05) is 6.04 Å². The number of fused-ring (bicyclic) bond motifs is 1. The molecule has 1 heteroatoms. The minimum atomic E-state index is 0.988. The number of hydrogen-bond acceptors (Lipinski definition) is 1. The second-order valence-electron chi connectivity index (χ2n) is 3.68. The summed E-state index contributed by atoms with van der Waals surface area (Å²) in [5.74, 6) is 0. The predicted molar refractivity (Wildman–Crippen MR) is 43.1 cm³/mol. The lowest BCUT2D eigenvalue weighted by Gasteiger charge is -2.20. The molecule has 0 spiro atoms. The van der Waals surface area contributed by atoms with Crippen LogP contribution in [0.4, 0.5) is 0 Å². The van der Waals surface area contributed by atoms with Crippen LogP contribution in [0, 0.1) is 0 Å². The Morgan fingerprint density at radius 2 is 1.60 bits per heavy atom. The third kappa shape index (κ3) is 1.20. The van der Waals surface area contributed by atoms with Crippen molar-refractivity contribution in [3.8, 4) is 0 Å². The average Bonchev–Trinajstić information content (AvgIpc) is 2.28. The van der Waals surface area contributed by atoms with Gasteiger partial charge in [-0.25, -0.2) is 0 Å². The zero-order valence-electron chi connectivity index (χ0n) is 6.68. The largest absolute Gasteiger partial charge is 0.300 e. The molecule has 0 saturated carbocycles. The zero-order chi connectivity index (χ0) is 6.81. The molecule has 2 saturated heterocycles. The van der Waals surface area contributed by atoms with Gasteiger partial charge in [0.05, 0.1) is 0 Å². The Morgan fingerprint density at radius 1 is 0.800 bits per heavy atom. The van der Waals surface area contributed by atoms with Crippen LogP contribution in [-0.2, 0) is 0 Å². The maximum absolute atomic E-state index is 2.70. The van der Waals surface area contributed by atoms with Crippen LogP contribution in [0.15, 0.2) is 0 Å². The van der Waals surface area contributed by atoms with E-state index in [2.05, 4.69) is 4.90 Å². The zero-order valence-corrected chi connectivity index (χ0v) is 6.68. The molecular weight excluding hydrogens is 122 g/mol. The molecule has 0 aromatic heterocycles. The molecule has 2 rings (SSSR count). The fourth-order valence-corrected chi connectivity index (χ4v) is 2.39. The Labute approximate surface area is 63.4 Å². The van der Waals surface area contributed by atoms with Gasteiger partial charge in [0.25, 0.3) is 0 Å². The molecule has 10 heavy (non-hydrogen) atoms. The number of hydrogen-bond donors (Lipinski definition) is 0. The van der Waals surface area contributed by atoms with Gasteiger partial charge in [0.1, 0.15) is 0 Å². The van der Waals surface area contributed by atoms with Gasteiger partial charge in [-0.15, -0.1) is 0 Å². The summed E-state index contributed by atoms with van der Waals surface area (Å²) in [4.78, 5) is 2.70. The van der Waals surface area contributed by atoms with Crippen molar-refractivity contribution < 1.29 is 0 Å². The van der Waals surface area contributed by atoms with Gasteiger partial charge in [-0.05, 0) is 38.8 Å². The van der Waals surface area contributed by atoms with Gasteiger partial charge in [-0.3, -0.25) is 0 Å². The van der Waals surface area contributed by atoms with Gasteiger partial charge in [-0.1, -0.05) is 12.8 Å². The average molecular weight is 139 g/mol. The fraction of sp³-hybridized carbons (Fsp3) is 1.00. The van der Waals surface area contributed by atoms with Crippen LogP contribution in [0.2, 0.25) is 0 Å². The highest BCUT2D eigenvalue weighted by atomic mass is 15.2. The topological polar surface area (TPSA) is 3.24 Å². The van der Waals surface area contributed by atoms with Crippen molar-refractivity contribution in [1.82, 2.24) is 4.90 Å². The summed E-state index contributed by atoms with van der Waals surface area (Å²) in [5, 5.41) is 0. The van der Waals surface area contributed by atoms with E-state index in [4.69, 9.17) is 0 Å². The van der Waals surface area contributed by atoms with Crippen LogP contribution in [0.25, 0.3) is 0 Å². The highest BCUT2D eigenvalue weighted by Crippen LogP contribution is 2.25. The van der Waals surface area contributed by atoms with E-state index in [9.17, 15) is 0 Å². The molecule has 58 valence electrons. The highest BCUT2D eigenvalue weighted by molar-refractivity contribution is 4.80. The van der Waals surface area contributed by atoms with E-state index in [0.717, 1.165) is 6.04 Å². The summed E-state index contributed by atoms with van der Waals surface area (Å²) in [7, 11) is 0. The molecule has 0 bridgehead atoms. The predicted octanol–water partition coefficient (Wildman–Crippen LogP) is 2.02. The van der Waals surface area contributed by atoms with E-state index in [1.54, 1.807) is 0 Å². The molecule has 0 aliphatic carbocycles. The maximum atomic E-state index is 2.70. The molecule has 2 fully saturated rings. The smallest absolute Gasteiger partial charge is 0.00957 e. The highest BCUT2D eigenvalue weighted by Gasteiger charge is 2.24. The minimum absolute atomic E-state index is 0.988. The maximum Gasteiger partial charge on any atom is 0.00957 e. The summed E-state index contributed by atoms with van der Waals surface area (Å²) < 4.78 is 0. The van der Waals surface area contributed by atoms with E-state index in [1.165, 1.54) is 51.6 Å². The fourth-order valence-electron chi connectivity index (χ4n) is 2.39. The van der Waals surface area contributed by atoms with E-state index in [-0.39, 0.29) is 0 Å². The molecule has 1 nitrogen and oxygen atoms in total. The summed E-state index contributed by atoms with van der Waals surface area (Å²) in [6, 6.07) is 0.988. The third-order valence-corrected chi connectivity index (χ3v) is 2.98. The summed E-state index contributed by atoms with van der Waals surface area (Å²) in [5.41, 5.74) is 0. The third-order valence-electron chi connectivity index (χ3n) is 2.98. The quantitative estimate of drug-likeness (QED) is 0.496. The molecule has 0 unspecified atom stereocenters. The standard InChI is InChI=1S/C9H17N/c1-2-5-9-6-4-8-10(9)7-3-1/h9H,1-8H2/t9-/m0/s1. The van der Waals surface area contributed by atoms with Crippen LogP contribution in [0.3, 0.4) is 0 Å². The molecule has 2 aliphatic heterocycles. The van der Waals surface area contributed by atoms with Gasteiger partial charge in [0.2, 0.25) is 0 Å².